The average Bonchev–Trinajstić information content (AvgIpc) is 2.87. The van der Waals surface area contributed by atoms with Gasteiger partial charge in [0, 0.05) is 11.1 Å². The van der Waals surface area contributed by atoms with E-state index in [9.17, 15) is 39.5 Å². The second-order valence-corrected chi connectivity index (χ2v) is 8.78. The minimum Gasteiger partial charge on any atom is -0.206 e. The average molecular weight is 550 g/mol. The summed E-state index contributed by atoms with van der Waals surface area (Å²) in [5, 5.41) is 0. The van der Waals surface area contributed by atoms with E-state index in [0.717, 1.165) is 48.7 Å². The fourth-order valence-corrected chi connectivity index (χ4v) is 4.14. The largest absolute Gasteiger partial charge is 0.419 e. The summed E-state index contributed by atoms with van der Waals surface area (Å²) in [5.74, 6) is -9.32. The number of rotatable bonds is 6. The number of hydrogen-bond donors (Lipinski definition) is 0. The highest BCUT2D eigenvalue weighted by molar-refractivity contribution is 5.85. The fourth-order valence-electron chi connectivity index (χ4n) is 4.14. The molecule has 0 saturated carbocycles. The predicted octanol–water partition coefficient (Wildman–Crippen LogP) is 10.3. The molecule has 202 valence electrons. The van der Waals surface area contributed by atoms with Crippen molar-refractivity contribution in [3.05, 3.63) is 118 Å². The molecule has 0 amide bonds. The van der Waals surface area contributed by atoms with Gasteiger partial charge >= 0.3 is 6.18 Å². The van der Waals surface area contributed by atoms with E-state index in [-0.39, 0.29) is 11.1 Å². The molecule has 39 heavy (non-hydrogen) atoms. The van der Waals surface area contributed by atoms with Crippen LogP contribution in [0, 0.1) is 23.3 Å². The molecule has 0 radical (unpaired) electrons. The van der Waals surface area contributed by atoms with Gasteiger partial charge in [-0.1, -0.05) is 55.8 Å². The molecular formula is C30H19F9. The molecule has 0 spiro atoms. The van der Waals surface area contributed by atoms with Crippen LogP contribution in [-0.4, -0.2) is 0 Å². The zero-order valence-electron chi connectivity index (χ0n) is 20.2. The van der Waals surface area contributed by atoms with Gasteiger partial charge in [0.2, 0.25) is 0 Å². The molecule has 0 nitrogen and oxygen atoms in total. The first-order valence-corrected chi connectivity index (χ1v) is 11.7. The number of alkyl halides is 3. The maximum absolute atomic E-state index is 14.9. The van der Waals surface area contributed by atoms with Gasteiger partial charge in [0.15, 0.2) is 11.7 Å². The van der Waals surface area contributed by atoms with E-state index in [1.165, 1.54) is 0 Å². The molecule has 0 aliphatic heterocycles. The SMILES string of the molecule is CCCc1ccc(-c2cc(F)c(/C(F)=C(\F)c3ccc(-c4ccc(C(F)(F)F)c(F)c4)c(F)c3)c(F)c2)cc1. The Bertz CT molecular complexity index is 1530. The Morgan fingerprint density at radius 1 is 0.615 bits per heavy atom. The van der Waals surface area contributed by atoms with Crippen LogP contribution in [0.3, 0.4) is 0 Å². The molecule has 0 aliphatic carbocycles. The molecule has 4 rings (SSSR count). The first-order valence-electron chi connectivity index (χ1n) is 11.7. The van der Waals surface area contributed by atoms with Crippen molar-refractivity contribution < 1.29 is 39.5 Å². The minimum absolute atomic E-state index is 0.101. The van der Waals surface area contributed by atoms with Gasteiger partial charge in [-0.3, -0.25) is 0 Å². The van der Waals surface area contributed by atoms with E-state index in [2.05, 4.69) is 0 Å². The molecule has 0 saturated heterocycles. The van der Waals surface area contributed by atoms with Crippen molar-refractivity contribution in [2.45, 2.75) is 25.9 Å². The molecule has 0 bridgehead atoms. The number of aryl methyl sites for hydroxylation is 1. The van der Waals surface area contributed by atoms with E-state index in [4.69, 9.17) is 0 Å². The van der Waals surface area contributed by atoms with E-state index in [1.807, 2.05) is 6.92 Å². The zero-order valence-corrected chi connectivity index (χ0v) is 20.2. The minimum atomic E-state index is -4.96. The van der Waals surface area contributed by atoms with Gasteiger partial charge in [0.25, 0.3) is 0 Å². The predicted molar refractivity (Wildman–Crippen MR) is 132 cm³/mol. The Morgan fingerprint density at radius 3 is 1.74 bits per heavy atom. The highest BCUT2D eigenvalue weighted by atomic mass is 19.4. The molecule has 4 aromatic rings. The van der Waals surface area contributed by atoms with Gasteiger partial charge in [-0.05, 0) is 59.0 Å². The smallest absolute Gasteiger partial charge is 0.206 e. The summed E-state index contributed by atoms with van der Waals surface area (Å²) in [4.78, 5) is 0. The van der Waals surface area contributed by atoms with Crippen LogP contribution in [0.4, 0.5) is 39.5 Å². The molecule has 0 atom stereocenters. The van der Waals surface area contributed by atoms with E-state index in [0.29, 0.717) is 23.8 Å². The normalized spacial score (nSPS) is 12.5. The fraction of sp³-hybridized carbons (Fsp3) is 0.133. The lowest BCUT2D eigenvalue weighted by Crippen LogP contribution is -2.07. The third-order valence-electron chi connectivity index (χ3n) is 6.09. The van der Waals surface area contributed by atoms with Crippen LogP contribution in [0.5, 0.6) is 0 Å². The van der Waals surface area contributed by atoms with Crippen LogP contribution in [0.15, 0.2) is 72.8 Å². The molecule has 0 fully saturated rings. The Hall–Kier alpha value is -4.01. The lowest BCUT2D eigenvalue weighted by molar-refractivity contribution is -0.139. The molecule has 0 unspecified atom stereocenters. The zero-order chi connectivity index (χ0) is 28.5. The van der Waals surface area contributed by atoms with Gasteiger partial charge in [-0.2, -0.15) is 13.2 Å². The first-order chi connectivity index (χ1) is 18.4. The van der Waals surface area contributed by atoms with Crippen LogP contribution in [0.25, 0.3) is 33.9 Å². The van der Waals surface area contributed by atoms with Crippen LogP contribution >= 0.6 is 0 Å². The van der Waals surface area contributed by atoms with Crippen LogP contribution < -0.4 is 0 Å². The van der Waals surface area contributed by atoms with Gasteiger partial charge in [-0.25, -0.2) is 26.3 Å². The van der Waals surface area contributed by atoms with Crippen molar-refractivity contribution in [2.75, 3.05) is 0 Å². The second-order valence-electron chi connectivity index (χ2n) is 8.78. The van der Waals surface area contributed by atoms with Crippen LogP contribution in [-0.2, 0) is 12.6 Å². The van der Waals surface area contributed by atoms with Crippen molar-refractivity contribution in [1.82, 2.24) is 0 Å². The lowest BCUT2D eigenvalue weighted by Gasteiger charge is -2.11. The number of hydrogen-bond acceptors (Lipinski definition) is 0. The maximum Gasteiger partial charge on any atom is 0.419 e. The van der Waals surface area contributed by atoms with E-state index < -0.39 is 63.4 Å². The molecule has 9 heteroatoms. The standard InChI is InChI=1S/C30H19F9/c1-2-3-16-4-6-17(7-5-16)20-14-25(33)27(26(34)15-20)29(36)28(35)19-8-10-21(23(31)13-19)18-9-11-22(24(32)12-18)30(37,38)39/h4-15H,2-3H2,1H3/b29-28+. The van der Waals surface area contributed by atoms with Crippen molar-refractivity contribution in [3.8, 4) is 22.3 Å². The Labute approximate surface area is 218 Å². The topological polar surface area (TPSA) is 0 Å². The van der Waals surface area contributed by atoms with Gasteiger partial charge in [-0.15, -0.1) is 0 Å². The van der Waals surface area contributed by atoms with Crippen LogP contribution in [0.1, 0.15) is 35.6 Å². The third kappa shape index (κ3) is 5.87. The highest BCUT2D eigenvalue weighted by Gasteiger charge is 2.34. The summed E-state index contributed by atoms with van der Waals surface area (Å²) >= 11 is 0. The molecule has 0 heterocycles. The van der Waals surface area contributed by atoms with Gasteiger partial charge < -0.3 is 0 Å². The van der Waals surface area contributed by atoms with Crippen molar-refractivity contribution >= 4 is 11.7 Å². The Balaban J connectivity index is 1.66. The van der Waals surface area contributed by atoms with E-state index in [1.54, 1.807) is 24.3 Å². The number of halogens is 9. The summed E-state index contributed by atoms with van der Waals surface area (Å²) in [7, 11) is 0. The first kappa shape index (κ1) is 28.0. The van der Waals surface area contributed by atoms with Crippen LogP contribution in [0.2, 0.25) is 0 Å². The molecule has 0 aliphatic rings. The summed E-state index contributed by atoms with van der Waals surface area (Å²) in [6.45, 7) is 2.00. The molecule has 0 N–H and O–H groups in total. The summed E-state index contributed by atoms with van der Waals surface area (Å²) in [6, 6.07) is 12.5. The number of benzene rings is 4. The van der Waals surface area contributed by atoms with Crippen molar-refractivity contribution in [2.24, 2.45) is 0 Å². The second kappa shape index (κ2) is 11.0. The maximum atomic E-state index is 14.9. The summed E-state index contributed by atoms with van der Waals surface area (Å²) in [6.07, 6.45) is -3.23. The molecule has 4 aromatic carbocycles. The Morgan fingerprint density at radius 2 is 1.21 bits per heavy atom. The monoisotopic (exact) mass is 550 g/mol. The van der Waals surface area contributed by atoms with E-state index >= 15 is 0 Å². The van der Waals surface area contributed by atoms with Crippen molar-refractivity contribution in [1.29, 1.82) is 0 Å². The van der Waals surface area contributed by atoms with Crippen molar-refractivity contribution in [3.63, 3.8) is 0 Å². The quantitative estimate of drug-likeness (QED) is 0.166. The Kier molecular flexibility index (Phi) is 7.90. The molecule has 0 aromatic heterocycles. The summed E-state index contributed by atoms with van der Waals surface area (Å²) < 4.78 is 126. The van der Waals surface area contributed by atoms with Gasteiger partial charge in [0.1, 0.15) is 23.3 Å². The summed E-state index contributed by atoms with van der Waals surface area (Å²) in [5.41, 5.74) is -2.66. The van der Waals surface area contributed by atoms with Gasteiger partial charge in [0.05, 0.1) is 11.1 Å². The third-order valence-corrected chi connectivity index (χ3v) is 6.09. The highest BCUT2D eigenvalue weighted by Crippen LogP contribution is 2.37. The lowest BCUT2D eigenvalue weighted by atomic mass is 9.98. The molecular weight excluding hydrogens is 531 g/mol.